The molecule has 1 fully saturated rings. The molecule has 0 unspecified atom stereocenters. The molecule has 0 radical (unpaired) electrons. The van der Waals surface area contributed by atoms with Crippen LogP contribution in [-0.4, -0.2) is 13.1 Å². The van der Waals surface area contributed by atoms with E-state index in [-0.39, 0.29) is 5.82 Å². The fourth-order valence-electron chi connectivity index (χ4n) is 2.11. The Hall–Kier alpha value is -1.05. The minimum absolute atomic E-state index is 0.0469. The van der Waals surface area contributed by atoms with Crippen LogP contribution in [0.25, 0.3) is 0 Å². The van der Waals surface area contributed by atoms with Gasteiger partial charge in [0.1, 0.15) is 5.82 Å². The average molecular weight is 193 g/mol. The van der Waals surface area contributed by atoms with E-state index in [4.69, 9.17) is 0 Å². The first-order valence-corrected chi connectivity index (χ1v) is 5.21. The zero-order chi connectivity index (χ0) is 10.1. The molecule has 76 valence electrons. The number of benzene rings is 1. The summed E-state index contributed by atoms with van der Waals surface area (Å²) in [6.45, 7) is 5.83. The highest BCUT2D eigenvalue weighted by molar-refractivity contribution is 5.55. The van der Waals surface area contributed by atoms with Gasteiger partial charge in [-0.2, -0.15) is 0 Å². The van der Waals surface area contributed by atoms with Crippen LogP contribution in [0.3, 0.4) is 0 Å². The van der Waals surface area contributed by atoms with Crippen molar-refractivity contribution in [3.63, 3.8) is 0 Å². The SMILES string of the molecule is Cc1ccc(N2CCCC2)c(C)c1F. The summed E-state index contributed by atoms with van der Waals surface area (Å²) in [7, 11) is 0. The molecule has 0 N–H and O–H groups in total. The predicted octanol–water partition coefficient (Wildman–Crippen LogP) is 3.04. The van der Waals surface area contributed by atoms with E-state index in [1.54, 1.807) is 0 Å². The van der Waals surface area contributed by atoms with E-state index in [0.29, 0.717) is 0 Å². The van der Waals surface area contributed by atoms with Crippen LogP contribution in [0.5, 0.6) is 0 Å². The second-order valence-electron chi connectivity index (χ2n) is 4.03. The second-order valence-corrected chi connectivity index (χ2v) is 4.03. The molecule has 2 heteroatoms. The van der Waals surface area contributed by atoms with Crippen molar-refractivity contribution in [2.45, 2.75) is 26.7 Å². The summed E-state index contributed by atoms with van der Waals surface area (Å²) in [4.78, 5) is 2.28. The number of anilines is 1. The van der Waals surface area contributed by atoms with Crippen molar-refractivity contribution in [2.75, 3.05) is 18.0 Å². The number of nitrogens with zero attached hydrogens (tertiary/aromatic N) is 1. The molecule has 1 aromatic rings. The van der Waals surface area contributed by atoms with Crippen molar-refractivity contribution < 1.29 is 4.39 Å². The summed E-state index contributed by atoms with van der Waals surface area (Å²) >= 11 is 0. The molecule has 1 nitrogen and oxygen atoms in total. The summed E-state index contributed by atoms with van der Waals surface area (Å²) in [5, 5.41) is 0. The Bertz CT molecular complexity index is 340. The highest BCUT2D eigenvalue weighted by atomic mass is 19.1. The van der Waals surface area contributed by atoms with Crippen LogP contribution < -0.4 is 4.90 Å². The molecular formula is C12H16FN. The fraction of sp³-hybridized carbons (Fsp3) is 0.500. The molecule has 1 saturated heterocycles. The Kier molecular flexibility index (Phi) is 2.44. The smallest absolute Gasteiger partial charge is 0.131 e. The number of halogens is 1. The van der Waals surface area contributed by atoms with Gasteiger partial charge in [0.15, 0.2) is 0 Å². The third-order valence-corrected chi connectivity index (χ3v) is 3.00. The Morgan fingerprint density at radius 2 is 1.79 bits per heavy atom. The molecule has 1 aliphatic heterocycles. The molecule has 0 bridgehead atoms. The third-order valence-electron chi connectivity index (χ3n) is 3.00. The largest absolute Gasteiger partial charge is 0.371 e. The van der Waals surface area contributed by atoms with Crippen LogP contribution in [-0.2, 0) is 0 Å². The van der Waals surface area contributed by atoms with Gasteiger partial charge in [-0.15, -0.1) is 0 Å². The molecule has 0 amide bonds. The summed E-state index contributed by atoms with van der Waals surface area (Å²) in [6, 6.07) is 3.91. The Balaban J connectivity index is 2.38. The van der Waals surface area contributed by atoms with Gasteiger partial charge in [0.05, 0.1) is 0 Å². The first-order chi connectivity index (χ1) is 6.70. The van der Waals surface area contributed by atoms with Crippen LogP contribution >= 0.6 is 0 Å². The molecule has 0 atom stereocenters. The highest BCUT2D eigenvalue weighted by Gasteiger charge is 2.16. The highest BCUT2D eigenvalue weighted by Crippen LogP contribution is 2.27. The van der Waals surface area contributed by atoms with Crippen molar-refractivity contribution in [3.05, 3.63) is 29.1 Å². The zero-order valence-corrected chi connectivity index (χ0v) is 8.81. The van der Waals surface area contributed by atoms with Crippen LogP contribution in [0, 0.1) is 19.7 Å². The monoisotopic (exact) mass is 193 g/mol. The number of aryl methyl sites for hydroxylation is 1. The summed E-state index contributed by atoms with van der Waals surface area (Å²) in [6.07, 6.45) is 2.46. The number of hydrogen-bond acceptors (Lipinski definition) is 1. The maximum absolute atomic E-state index is 13.6. The Morgan fingerprint density at radius 1 is 1.14 bits per heavy atom. The first kappa shape index (κ1) is 9.50. The van der Waals surface area contributed by atoms with E-state index in [1.807, 2.05) is 26.0 Å². The molecule has 1 aromatic carbocycles. The van der Waals surface area contributed by atoms with Crippen LogP contribution in [0.1, 0.15) is 24.0 Å². The maximum atomic E-state index is 13.6. The van der Waals surface area contributed by atoms with Crippen LogP contribution in [0.2, 0.25) is 0 Å². The quantitative estimate of drug-likeness (QED) is 0.662. The Labute approximate surface area is 84.5 Å². The summed E-state index contributed by atoms with van der Waals surface area (Å²) in [5.41, 5.74) is 2.61. The summed E-state index contributed by atoms with van der Waals surface area (Å²) < 4.78 is 13.6. The molecule has 14 heavy (non-hydrogen) atoms. The lowest BCUT2D eigenvalue weighted by Gasteiger charge is -2.20. The molecule has 1 aliphatic rings. The minimum atomic E-state index is -0.0469. The van der Waals surface area contributed by atoms with Crippen molar-refractivity contribution in [2.24, 2.45) is 0 Å². The van der Waals surface area contributed by atoms with E-state index in [9.17, 15) is 4.39 Å². The van der Waals surface area contributed by atoms with Crippen molar-refractivity contribution in [1.82, 2.24) is 0 Å². The molecule has 0 saturated carbocycles. The predicted molar refractivity (Wildman–Crippen MR) is 57.3 cm³/mol. The fourth-order valence-corrected chi connectivity index (χ4v) is 2.11. The van der Waals surface area contributed by atoms with Gasteiger partial charge in [-0.1, -0.05) is 6.07 Å². The van der Waals surface area contributed by atoms with Gasteiger partial charge in [-0.05, 0) is 38.3 Å². The van der Waals surface area contributed by atoms with Gasteiger partial charge in [-0.25, -0.2) is 4.39 Å². The van der Waals surface area contributed by atoms with E-state index < -0.39 is 0 Å². The van der Waals surface area contributed by atoms with E-state index in [0.717, 1.165) is 29.9 Å². The maximum Gasteiger partial charge on any atom is 0.131 e. The Morgan fingerprint density at radius 3 is 2.43 bits per heavy atom. The van der Waals surface area contributed by atoms with E-state index >= 15 is 0 Å². The standard InChI is InChI=1S/C12H16FN/c1-9-5-6-11(10(2)12(9)13)14-7-3-4-8-14/h5-6H,3-4,7-8H2,1-2H3. The third kappa shape index (κ3) is 1.49. The van der Waals surface area contributed by atoms with Gasteiger partial charge in [0, 0.05) is 24.3 Å². The average Bonchev–Trinajstić information content (AvgIpc) is 2.67. The topological polar surface area (TPSA) is 3.24 Å². The molecule has 0 aliphatic carbocycles. The summed E-state index contributed by atoms with van der Waals surface area (Å²) in [5.74, 6) is -0.0469. The van der Waals surface area contributed by atoms with E-state index in [2.05, 4.69) is 4.90 Å². The first-order valence-electron chi connectivity index (χ1n) is 5.21. The normalized spacial score (nSPS) is 16.4. The number of hydrogen-bond donors (Lipinski definition) is 0. The van der Waals surface area contributed by atoms with Gasteiger partial charge in [0.25, 0.3) is 0 Å². The zero-order valence-electron chi connectivity index (χ0n) is 8.81. The van der Waals surface area contributed by atoms with Gasteiger partial charge in [-0.3, -0.25) is 0 Å². The molecule has 2 rings (SSSR count). The molecule has 0 aromatic heterocycles. The lowest BCUT2D eigenvalue weighted by atomic mass is 10.1. The minimum Gasteiger partial charge on any atom is -0.371 e. The van der Waals surface area contributed by atoms with Crippen LogP contribution in [0.4, 0.5) is 10.1 Å². The van der Waals surface area contributed by atoms with Gasteiger partial charge in [0.2, 0.25) is 0 Å². The molecule has 0 spiro atoms. The lowest BCUT2D eigenvalue weighted by Crippen LogP contribution is -2.19. The number of rotatable bonds is 1. The van der Waals surface area contributed by atoms with Gasteiger partial charge < -0.3 is 4.90 Å². The van der Waals surface area contributed by atoms with Crippen molar-refractivity contribution in [1.29, 1.82) is 0 Å². The van der Waals surface area contributed by atoms with Crippen molar-refractivity contribution >= 4 is 5.69 Å². The van der Waals surface area contributed by atoms with Crippen molar-refractivity contribution in [3.8, 4) is 0 Å². The molecule has 1 heterocycles. The van der Waals surface area contributed by atoms with Gasteiger partial charge >= 0.3 is 0 Å². The lowest BCUT2D eigenvalue weighted by molar-refractivity contribution is 0.608. The van der Waals surface area contributed by atoms with E-state index in [1.165, 1.54) is 12.8 Å². The molecular weight excluding hydrogens is 177 g/mol. The van der Waals surface area contributed by atoms with Crippen LogP contribution in [0.15, 0.2) is 12.1 Å². The second kappa shape index (κ2) is 3.60.